The Kier molecular flexibility index (Phi) is 10.1. The number of benzene rings is 1. The summed E-state index contributed by atoms with van der Waals surface area (Å²) in [6, 6.07) is 7.10. The molecule has 0 spiro atoms. The van der Waals surface area contributed by atoms with Crippen LogP contribution in [0.4, 0.5) is 0 Å². The van der Waals surface area contributed by atoms with Gasteiger partial charge in [0, 0.05) is 57.5 Å². The number of aromatic nitrogens is 3. The topological polar surface area (TPSA) is 119 Å². The van der Waals surface area contributed by atoms with Gasteiger partial charge in [-0.2, -0.15) is 0 Å². The average molecular weight is 600 g/mol. The fourth-order valence-corrected chi connectivity index (χ4v) is 5.85. The predicted octanol–water partition coefficient (Wildman–Crippen LogP) is 3.33. The number of hydrogen-bond acceptors (Lipinski definition) is 7. The summed E-state index contributed by atoms with van der Waals surface area (Å²) in [5.41, 5.74) is 4.15. The van der Waals surface area contributed by atoms with Crippen molar-refractivity contribution in [2.75, 3.05) is 13.1 Å². The summed E-state index contributed by atoms with van der Waals surface area (Å²) >= 11 is 0. The number of aliphatic hydroxyl groups is 1. The van der Waals surface area contributed by atoms with Crippen molar-refractivity contribution in [3.63, 3.8) is 0 Å². The van der Waals surface area contributed by atoms with Gasteiger partial charge in [-0.3, -0.25) is 19.7 Å². The van der Waals surface area contributed by atoms with Crippen molar-refractivity contribution in [1.82, 2.24) is 24.3 Å². The van der Waals surface area contributed by atoms with Gasteiger partial charge in [-0.05, 0) is 75.6 Å². The number of nitrogens with one attached hydrogen (secondary N) is 1. The van der Waals surface area contributed by atoms with E-state index in [2.05, 4.69) is 9.88 Å². The second kappa shape index (κ2) is 13.4. The number of carbonyl (C=O) groups excluding carboxylic acids is 2. The van der Waals surface area contributed by atoms with Crippen LogP contribution in [0.15, 0.2) is 35.3 Å². The molecule has 1 aromatic carbocycles. The Labute approximate surface area is 252 Å². The van der Waals surface area contributed by atoms with E-state index in [9.17, 15) is 19.5 Å². The van der Waals surface area contributed by atoms with E-state index in [1.54, 1.807) is 25.5 Å². The van der Waals surface area contributed by atoms with Gasteiger partial charge in [-0.15, -0.1) is 12.4 Å². The van der Waals surface area contributed by atoms with Crippen LogP contribution in [0.3, 0.4) is 0 Å². The van der Waals surface area contributed by atoms with Gasteiger partial charge in [0.25, 0.3) is 5.56 Å². The molecule has 42 heavy (non-hydrogen) atoms. The van der Waals surface area contributed by atoms with Crippen molar-refractivity contribution in [2.45, 2.75) is 84.2 Å². The average Bonchev–Trinajstić information content (AvgIpc) is 3.26. The number of hydrogen-bond donors (Lipinski definition) is 2. The third kappa shape index (κ3) is 6.88. The summed E-state index contributed by atoms with van der Waals surface area (Å²) in [7, 11) is 1.75. The van der Waals surface area contributed by atoms with Crippen molar-refractivity contribution in [3.05, 3.63) is 51.9 Å². The van der Waals surface area contributed by atoms with Crippen molar-refractivity contribution >= 4 is 35.3 Å². The molecular weight excluding hydrogens is 558 g/mol. The van der Waals surface area contributed by atoms with Crippen LogP contribution in [-0.4, -0.2) is 67.3 Å². The van der Waals surface area contributed by atoms with Crippen LogP contribution in [0.5, 0.6) is 0 Å². The lowest BCUT2D eigenvalue weighted by atomic mass is 9.96. The fraction of sp³-hybridized carbons (Fsp3) is 0.548. The van der Waals surface area contributed by atoms with Gasteiger partial charge in [0.1, 0.15) is 18.0 Å². The third-order valence-electron chi connectivity index (χ3n) is 8.44. The zero-order chi connectivity index (χ0) is 29.3. The lowest BCUT2D eigenvalue weighted by molar-refractivity contribution is -0.158. The Morgan fingerprint density at radius 3 is 2.60 bits per heavy atom. The van der Waals surface area contributed by atoms with Crippen LogP contribution < -0.4 is 10.9 Å². The normalized spacial score (nSPS) is 18.7. The van der Waals surface area contributed by atoms with Gasteiger partial charge in [0.15, 0.2) is 0 Å². The van der Waals surface area contributed by atoms with Gasteiger partial charge in [0.05, 0.1) is 17.1 Å². The number of aliphatic hydroxyl groups excluding tert-OH is 1. The molecule has 1 aliphatic carbocycles. The van der Waals surface area contributed by atoms with Crippen molar-refractivity contribution < 1.29 is 19.4 Å². The Balaban J connectivity index is 0.00000405. The van der Waals surface area contributed by atoms with E-state index in [0.717, 1.165) is 66.6 Å². The van der Waals surface area contributed by atoms with E-state index in [-0.39, 0.29) is 35.9 Å². The number of likely N-dealkylation sites (tertiary alicyclic amines) is 1. The first-order valence-electron chi connectivity index (χ1n) is 14.6. The monoisotopic (exact) mass is 599 g/mol. The molecule has 0 radical (unpaired) electrons. The Morgan fingerprint density at radius 1 is 1.19 bits per heavy atom. The summed E-state index contributed by atoms with van der Waals surface area (Å²) in [5, 5.41) is 13.4. The number of fused-ring (bicyclic) bond motifs is 1. The second-order valence-electron chi connectivity index (χ2n) is 11.8. The third-order valence-corrected chi connectivity index (χ3v) is 8.44. The van der Waals surface area contributed by atoms with E-state index >= 15 is 0 Å². The molecule has 1 saturated carbocycles. The molecule has 10 nitrogen and oxygen atoms in total. The van der Waals surface area contributed by atoms with Gasteiger partial charge in [-0.1, -0.05) is 6.07 Å². The number of imidazole rings is 1. The summed E-state index contributed by atoms with van der Waals surface area (Å²) in [5.74, 6) is 0.736. The molecule has 2 fully saturated rings. The first kappa shape index (κ1) is 31.7. The first-order valence-corrected chi connectivity index (χ1v) is 14.6. The lowest BCUT2D eigenvalue weighted by Crippen LogP contribution is -2.47. The number of halogens is 1. The largest absolute Gasteiger partial charge is 0.461 e. The number of amides is 1. The summed E-state index contributed by atoms with van der Waals surface area (Å²) in [4.78, 5) is 44.1. The smallest absolute Gasteiger partial charge is 0.326 e. The molecule has 1 unspecified atom stereocenters. The van der Waals surface area contributed by atoms with Crippen molar-refractivity contribution in [1.29, 1.82) is 0 Å². The van der Waals surface area contributed by atoms with Crippen LogP contribution in [0.1, 0.15) is 57.1 Å². The van der Waals surface area contributed by atoms with Crippen LogP contribution in [-0.2, 0) is 34.5 Å². The molecule has 2 aliphatic rings. The Morgan fingerprint density at radius 2 is 1.95 bits per heavy atom. The number of piperidine rings is 1. The molecule has 1 amide bonds. The number of aryl methyl sites for hydroxylation is 2. The molecule has 3 heterocycles. The standard InChI is InChI=1S/C31H41N5O5.ClH/c1-19-13-24(18-34(4)30(19)39)29-33-26-14-22(15-32-28(20(2)37)31(40)41-25-8-5-9-25)10-11-27(26)36(29)17-23-7-6-12-35(16-23)21(3)38;/h10-11,13-14,18,20,23,25,28,32,37H,5-9,12,15-17H2,1-4H3;1H/t20-,23?,28+;/m1./s1. The maximum atomic E-state index is 12.7. The number of nitrogens with zero attached hydrogens (tertiary/aromatic N) is 4. The van der Waals surface area contributed by atoms with Crippen molar-refractivity contribution in [2.24, 2.45) is 13.0 Å². The number of esters is 1. The van der Waals surface area contributed by atoms with E-state index < -0.39 is 18.1 Å². The Bertz CT molecular complexity index is 1470. The van der Waals surface area contributed by atoms with Gasteiger partial charge in [0.2, 0.25) is 5.91 Å². The minimum atomic E-state index is -0.893. The quantitative estimate of drug-likeness (QED) is 0.362. The highest BCUT2D eigenvalue weighted by molar-refractivity contribution is 5.85. The highest BCUT2D eigenvalue weighted by Crippen LogP contribution is 2.29. The maximum absolute atomic E-state index is 12.7. The zero-order valence-corrected chi connectivity index (χ0v) is 25.7. The molecule has 1 aliphatic heterocycles. The molecule has 5 rings (SSSR count). The SMILES string of the molecule is CC(=O)N1CCCC(Cn2c(-c3cc(C)c(=O)n(C)c3)nc3cc(CN[C@H](C(=O)OC4CCC4)[C@@H](C)O)ccc32)C1.Cl. The molecule has 3 aromatic rings. The number of rotatable bonds is 9. The second-order valence-corrected chi connectivity index (χ2v) is 11.8. The molecule has 228 valence electrons. The number of pyridine rings is 1. The highest BCUT2D eigenvalue weighted by atomic mass is 35.5. The first-order chi connectivity index (χ1) is 19.6. The number of ether oxygens (including phenoxy) is 1. The summed E-state index contributed by atoms with van der Waals surface area (Å²) < 4.78 is 9.32. The molecular formula is C31H42ClN5O5. The summed E-state index contributed by atoms with van der Waals surface area (Å²) in [6.45, 7) is 7.59. The van der Waals surface area contributed by atoms with E-state index in [1.165, 1.54) is 0 Å². The highest BCUT2D eigenvalue weighted by Gasteiger charge is 2.30. The van der Waals surface area contributed by atoms with Crippen LogP contribution >= 0.6 is 12.4 Å². The minimum Gasteiger partial charge on any atom is -0.461 e. The molecule has 0 bridgehead atoms. The number of carbonyl (C=O) groups is 2. The molecule has 3 atom stereocenters. The van der Waals surface area contributed by atoms with E-state index in [4.69, 9.17) is 9.72 Å². The summed E-state index contributed by atoms with van der Waals surface area (Å²) in [6.07, 6.45) is 5.69. The van der Waals surface area contributed by atoms with Crippen LogP contribution in [0, 0.1) is 12.8 Å². The lowest BCUT2D eigenvalue weighted by Gasteiger charge is -2.32. The maximum Gasteiger partial charge on any atom is 0.326 e. The Hall–Kier alpha value is -3.21. The fourth-order valence-electron chi connectivity index (χ4n) is 5.85. The van der Waals surface area contributed by atoms with E-state index in [1.807, 2.05) is 42.3 Å². The van der Waals surface area contributed by atoms with Gasteiger partial charge >= 0.3 is 5.97 Å². The van der Waals surface area contributed by atoms with Crippen LogP contribution in [0.25, 0.3) is 22.4 Å². The van der Waals surface area contributed by atoms with Crippen LogP contribution in [0.2, 0.25) is 0 Å². The predicted molar refractivity (Wildman–Crippen MR) is 163 cm³/mol. The molecule has 2 N–H and O–H groups in total. The minimum absolute atomic E-state index is 0. The molecule has 11 heteroatoms. The van der Waals surface area contributed by atoms with Gasteiger partial charge < -0.3 is 23.9 Å². The van der Waals surface area contributed by atoms with E-state index in [0.29, 0.717) is 25.2 Å². The zero-order valence-electron chi connectivity index (χ0n) is 24.8. The van der Waals surface area contributed by atoms with Crippen molar-refractivity contribution in [3.8, 4) is 11.4 Å². The van der Waals surface area contributed by atoms with Gasteiger partial charge in [-0.25, -0.2) is 4.98 Å². The molecule has 2 aromatic heterocycles. The molecule has 1 saturated heterocycles.